The number of aliphatic hydroxyl groups is 1. The number of halogens is 2. The van der Waals surface area contributed by atoms with Crippen molar-refractivity contribution < 1.29 is 23.8 Å². The minimum atomic E-state index is -0.835. The average molecular weight is 486 g/mol. The van der Waals surface area contributed by atoms with Gasteiger partial charge in [-0.2, -0.15) is 0 Å². The fraction of sp³-hybridized carbons (Fsp3) is 0.167. The van der Waals surface area contributed by atoms with Gasteiger partial charge in [0, 0.05) is 11.3 Å². The van der Waals surface area contributed by atoms with E-state index in [1.165, 1.54) is 36.4 Å². The van der Waals surface area contributed by atoms with Crippen LogP contribution in [-0.2, 0) is 4.79 Å². The van der Waals surface area contributed by atoms with Gasteiger partial charge in [0.1, 0.15) is 17.4 Å². The van der Waals surface area contributed by atoms with Gasteiger partial charge in [-0.3, -0.25) is 4.79 Å². The van der Waals surface area contributed by atoms with E-state index in [0.717, 1.165) is 11.1 Å². The van der Waals surface area contributed by atoms with Crippen LogP contribution >= 0.6 is 0 Å². The maximum Gasteiger partial charge on any atom is 0.233 e. The Morgan fingerprint density at radius 3 is 2.14 bits per heavy atom. The molecule has 4 nitrogen and oxygen atoms in total. The molecule has 1 fully saturated rings. The molecule has 0 spiro atoms. The van der Waals surface area contributed by atoms with Gasteiger partial charge in [-0.1, -0.05) is 48.5 Å². The number of carbonyl (C=O) groups is 1. The second-order valence-corrected chi connectivity index (χ2v) is 9.02. The van der Waals surface area contributed by atoms with E-state index < -0.39 is 17.8 Å². The number of carbonyl (C=O) groups excluding carboxylic acids is 1. The molecular weight excluding hydrogens is 460 g/mol. The zero-order valence-electron chi connectivity index (χ0n) is 19.4. The summed E-state index contributed by atoms with van der Waals surface area (Å²) in [5.74, 6) is -1.17. The van der Waals surface area contributed by atoms with E-state index in [1.807, 2.05) is 36.4 Å². The number of aliphatic hydroxyl groups excluding tert-OH is 1. The first-order chi connectivity index (χ1) is 17.4. The lowest BCUT2D eigenvalue weighted by atomic mass is 9.77. The molecule has 5 rings (SSSR count). The second-order valence-electron chi connectivity index (χ2n) is 9.02. The van der Waals surface area contributed by atoms with Crippen LogP contribution in [0.25, 0.3) is 11.1 Å². The predicted octanol–water partition coefficient (Wildman–Crippen LogP) is 6.56. The summed E-state index contributed by atoms with van der Waals surface area (Å²) in [5.41, 5.74) is 3.50. The largest absolute Gasteiger partial charge is 0.507 e. The second kappa shape index (κ2) is 9.91. The van der Waals surface area contributed by atoms with Crippen molar-refractivity contribution in [3.8, 4) is 16.9 Å². The van der Waals surface area contributed by atoms with Crippen LogP contribution in [0.15, 0.2) is 97.1 Å². The molecule has 1 aliphatic rings. The van der Waals surface area contributed by atoms with E-state index in [2.05, 4.69) is 0 Å². The fourth-order valence-electron chi connectivity index (χ4n) is 4.88. The lowest BCUT2D eigenvalue weighted by Crippen LogP contribution is -2.55. The number of anilines is 1. The Kier molecular flexibility index (Phi) is 6.53. The predicted molar refractivity (Wildman–Crippen MR) is 134 cm³/mol. The van der Waals surface area contributed by atoms with Gasteiger partial charge >= 0.3 is 0 Å². The van der Waals surface area contributed by atoms with E-state index in [0.29, 0.717) is 29.7 Å². The van der Waals surface area contributed by atoms with Gasteiger partial charge in [0.15, 0.2) is 0 Å². The average Bonchev–Trinajstić information content (AvgIpc) is 2.89. The summed E-state index contributed by atoms with van der Waals surface area (Å²) in [6, 6.07) is 25.9. The highest BCUT2D eigenvalue weighted by Gasteiger charge is 2.48. The Labute approximate surface area is 208 Å². The number of phenols is 1. The zero-order chi connectivity index (χ0) is 25.2. The molecule has 0 radical (unpaired) electrons. The summed E-state index contributed by atoms with van der Waals surface area (Å²) >= 11 is 0. The van der Waals surface area contributed by atoms with Crippen LogP contribution in [0.2, 0.25) is 0 Å². The van der Waals surface area contributed by atoms with Crippen LogP contribution in [-0.4, -0.2) is 16.1 Å². The topological polar surface area (TPSA) is 60.8 Å². The minimum absolute atomic E-state index is 0.118. The van der Waals surface area contributed by atoms with Crippen molar-refractivity contribution in [1.82, 2.24) is 0 Å². The van der Waals surface area contributed by atoms with E-state index in [4.69, 9.17) is 0 Å². The van der Waals surface area contributed by atoms with E-state index in [1.54, 1.807) is 29.2 Å². The smallest absolute Gasteiger partial charge is 0.233 e. The monoisotopic (exact) mass is 485 g/mol. The molecule has 1 heterocycles. The van der Waals surface area contributed by atoms with Gasteiger partial charge in [0.25, 0.3) is 0 Å². The fourth-order valence-corrected chi connectivity index (χ4v) is 4.88. The third kappa shape index (κ3) is 4.60. The summed E-state index contributed by atoms with van der Waals surface area (Å²) in [5, 5.41) is 21.2. The first-order valence-corrected chi connectivity index (χ1v) is 11.8. The summed E-state index contributed by atoms with van der Waals surface area (Å²) < 4.78 is 26.8. The molecule has 0 aromatic heterocycles. The number of aromatic hydroxyl groups is 1. The van der Waals surface area contributed by atoms with Crippen LogP contribution < -0.4 is 4.90 Å². The highest BCUT2D eigenvalue weighted by Crippen LogP contribution is 2.47. The van der Waals surface area contributed by atoms with Crippen LogP contribution in [0.3, 0.4) is 0 Å². The Bertz CT molecular complexity index is 1360. The molecule has 4 aromatic rings. The van der Waals surface area contributed by atoms with Crippen molar-refractivity contribution in [2.75, 3.05) is 4.90 Å². The van der Waals surface area contributed by atoms with E-state index in [9.17, 15) is 23.8 Å². The molecule has 0 aliphatic carbocycles. The molecule has 4 aromatic carbocycles. The van der Waals surface area contributed by atoms with Gasteiger partial charge < -0.3 is 15.1 Å². The van der Waals surface area contributed by atoms with Gasteiger partial charge in [-0.25, -0.2) is 8.78 Å². The normalized spacial score (nSPS) is 18.1. The molecule has 1 amide bonds. The molecule has 182 valence electrons. The first kappa shape index (κ1) is 23.7. The number of benzene rings is 4. The number of nitrogens with zero attached hydrogens (tertiary/aromatic N) is 1. The highest BCUT2D eigenvalue weighted by atomic mass is 19.1. The van der Waals surface area contributed by atoms with Gasteiger partial charge in [0.05, 0.1) is 18.1 Å². The number of hydrogen-bond donors (Lipinski definition) is 2. The van der Waals surface area contributed by atoms with Crippen molar-refractivity contribution in [2.24, 2.45) is 5.92 Å². The van der Waals surface area contributed by atoms with Gasteiger partial charge in [-0.15, -0.1) is 0 Å². The summed E-state index contributed by atoms with van der Waals surface area (Å²) in [6.07, 6.45) is -0.112. The number of hydrogen-bond acceptors (Lipinski definition) is 3. The molecule has 36 heavy (non-hydrogen) atoms. The zero-order valence-corrected chi connectivity index (χ0v) is 19.4. The third-order valence-electron chi connectivity index (χ3n) is 6.77. The molecule has 0 unspecified atom stereocenters. The molecule has 1 aliphatic heterocycles. The summed E-state index contributed by atoms with van der Waals surface area (Å²) in [4.78, 5) is 14.9. The van der Waals surface area contributed by atoms with Crippen molar-refractivity contribution in [1.29, 1.82) is 0 Å². The first-order valence-electron chi connectivity index (χ1n) is 11.8. The summed E-state index contributed by atoms with van der Waals surface area (Å²) in [6.45, 7) is 0. The molecular formula is C30H25F2NO3. The Balaban J connectivity index is 1.46. The quantitative estimate of drug-likeness (QED) is 0.292. The Morgan fingerprint density at radius 2 is 1.47 bits per heavy atom. The molecule has 6 heteroatoms. The van der Waals surface area contributed by atoms with E-state index in [-0.39, 0.29) is 23.5 Å². The van der Waals surface area contributed by atoms with Crippen LogP contribution in [0, 0.1) is 17.6 Å². The number of amides is 1. The standard InChI is InChI=1S/C30H25F2NO3/c31-22-9-6-20(7-10-22)27(34)17-15-25-29(33(30(25)36)24-13-11-23(32)12-14-24)21-8-16-28(35)26(18-21)19-4-2-1-3-5-19/h1-14,16,18,25,27,29,34-35H,15,17H2/t25-,27+,29-/m1/s1. The Hall–Kier alpha value is -4.03. The van der Waals surface area contributed by atoms with Crippen LogP contribution in [0.1, 0.15) is 36.1 Å². The van der Waals surface area contributed by atoms with Crippen LogP contribution in [0.5, 0.6) is 5.75 Å². The summed E-state index contributed by atoms with van der Waals surface area (Å²) in [7, 11) is 0. The highest BCUT2D eigenvalue weighted by molar-refractivity contribution is 6.03. The van der Waals surface area contributed by atoms with Gasteiger partial charge in [-0.05, 0) is 78.1 Å². The number of phenolic OH excluding ortho intramolecular Hbond substituents is 1. The molecule has 3 atom stereocenters. The lowest BCUT2D eigenvalue weighted by molar-refractivity contribution is -0.131. The Morgan fingerprint density at radius 1 is 0.833 bits per heavy atom. The van der Waals surface area contributed by atoms with Crippen molar-refractivity contribution in [2.45, 2.75) is 25.0 Å². The van der Waals surface area contributed by atoms with Crippen molar-refractivity contribution >= 4 is 11.6 Å². The van der Waals surface area contributed by atoms with E-state index >= 15 is 0 Å². The molecule has 1 saturated heterocycles. The van der Waals surface area contributed by atoms with Crippen LogP contribution in [0.4, 0.5) is 14.5 Å². The SMILES string of the molecule is O=C1[C@H](CC[C@H](O)c2ccc(F)cc2)[C@@H](c2ccc(O)c(-c3ccccc3)c2)N1c1ccc(F)cc1. The number of rotatable bonds is 7. The van der Waals surface area contributed by atoms with Gasteiger partial charge in [0.2, 0.25) is 5.91 Å². The molecule has 0 saturated carbocycles. The third-order valence-corrected chi connectivity index (χ3v) is 6.77. The maximum absolute atomic E-state index is 13.6. The van der Waals surface area contributed by atoms with Crippen molar-refractivity contribution in [3.05, 3.63) is 120 Å². The van der Waals surface area contributed by atoms with Crippen molar-refractivity contribution in [3.63, 3.8) is 0 Å². The molecule has 0 bridgehead atoms. The minimum Gasteiger partial charge on any atom is -0.507 e. The lowest BCUT2D eigenvalue weighted by Gasteiger charge is -2.48. The maximum atomic E-state index is 13.6. The number of β-lactam (4-membered cyclic amide) rings is 1. The molecule has 2 N–H and O–H groups in total.